The average Bonchev–Trinajstić information content (AvgIpc) is 3.32. The molecule has 0 aromatic carbocycles. The van der Waals surface area contributed by atoms with Crippen LogP contribution in [0, 0.1) is 0 Å². The van der Waals surface area contributed by atoms with Crippen molar-refractivity contribution in [2.24, 2.45) is 0 Å². The Bertz CT molecular complexity index is 1180. The summed E-state index contributed by atoms with van der Waals surface area (Å²) in [6.45, 7) is 7.69. The molecule has 0 radical (unpaired) electrons. The van der Waals surface area contributed by atoms with E-state index in [2.05, 4.69) is 93.7 Å². The first-order valence-corrected chi connectivity index (χ1v) is 28.5. The second-order valence-electron chi connectivity index (χ2n) is 18.8. The Morgan fingerprint density at radius 3 is 1.11 bits per heavy atom. The third-order valence-corrected chi connectivity index (χ3v) is 12.2. The van der Waals surface area contributed by atoms with Crippen molar-refractivity contribution in [2.45, 2.75) is 284 Å². The maximum Gasteiger partial charge on any atom is 0.306 e. The first kappa shape index (κ1) is 63.3. The molecule has 5 heteroatoms. The molecule has 0 heterocycles. The molecule has 382 valence electrons. The van der Waals surface area contributed by atoms with Crippen molar-refractivity contribution in [1.29, 1.82) is 0 Å². The number of rotatable bonds is 52. The lowest BCUT2D eigenvalue weighted by Crippen LogP contribution is -2.30. The van der Waals surface area contributed by atoms with Gasteiger partial charge in [0.15, 0.2) is 6.10 Å². The molecule has 0 fully saturated rings. The lowest BCUT2D eigenvalue weighted by atomic mass is 10.1. The van der Waals surface area contributed by atoms with E-state index in [1.165, 1.54) is 148 Å². The van der Waals surface area contributed by atoms with Gasteiger partial charge in [0.05, 0.1) is 6.61 Å². The second-order valence-corrected chi connectivity index (χ2v) is 18.8. The van der Waals surface area contributed by atoms with Crippen LogP contribution < -0.4 is 0 Å². The summed E-state index contributed by atoms with van der Waals surface area (Å²) >= 11 is 0. The van der Waals surface area contributed by atoms with Crippen molar-refractivity contribution in [1.82, 2.24) is 0 Å². The molecular weight excluding hydrogens is 813 g/mol. The summed E-state index contributed by atoms with van der Waals surface area (Å²) in [4.78, 5) is 25.5. The van der Waals surface area contributed by atoms with Crippen LogP contribution in [0.2, 0.25) is 0 Å². The standard InChI is InChI=1S/C61H108O5/c1-4-7-10-13-16-19-22-25-28-30-32-35-38-41-44-47-50-53-56-64-57-59(66-61(63)55-52-49-46-43-40-37-33-27-24-21-18-15-12-9-6-3)58-65-60(62)54-51-48-45-42-39-36-34-31-29-26-23-20-17-14-11-8-5-2/h8,11,17,20,25-29,33-34,36,59H,4-7,9-10,12-16,18-19,21-24,30-32,35,37-58H2,1-3H3/b11-8-,20-17-,28-25-,29-26-,33-27-,36-34-. The maximum atomic E-state index is 12.8. The molecule has 0 saturated heterocycles. The summed E-state index contributed by atoms with van der Waals surface area (Å²) in [6, 6.07) is 0. The number of unbranched alkanes of at least 4 members (excludes halogenated alkanes) is 29. The largest absolute Gasteiger partial charge is 0.462 e. The molecule has 0 amide bonds. The minimum absolute atomic E-state index is 0.0672. The second kappa shape index (κ2) is 56.7. The fourth-order valence-electron chi connectivity index (χ4n) is 7.96. The Labute approximate surface area is 410 Å². The maximum absolute atomic E-state index is 12.8. The predicted octanol–water partition coefficient (Wildman–Crippen LogP) is 19.5. The number of hydrogen-bond donors (Lipinski definition) is 0. The molecule has 0 aliphatic heterocycles. The quantitative estimate of drug-likeness (QED) is 0.0346. The van der Waals surface area contributed by atoms with Gasteiger partial charge in [0.25, 0.3) is 0 Å². The van der Waals surface area contributed by atoms with Gasteiger partial charge in [-0.3, -0.25) is 9.59 Å². The Morgan fingerprint density at radius 2 is 0.682 bits per heavy atom. The van der Waals surface area contributed by atoms with Gasteiger partial charge in [-0.1, -0.05) is 229 Å². The minimum atomic E-state index is -0.555. The van der Waals surface area contributed by atoms with Gasteiger partial charge in [-0.05, 0) is 109 Å². The zero-order valence-corrected chi connectivity index (χ0v) is 44.0. The third-order valence-electron chi connectivity index (χ3n) is 12.2. The van der Waals surface area contributed by atoms with Gasteiger partial charge in [-0.25, -0.2) is 0 Å². The van der Waals surface area contributed by atoms with Crippen LogP contribution in [-0.2, 0) is 23.8 Å². The van der Waals surface area contributed by atoms with Crippen LogP contribution in [0.15, 0.2) is 72.9 Å². The highest BCUT2D eigenvalue weighted by Gasteiger charge is 2.17. The Hall–Kier alpha value is -2.66. The lowest BCUT2D eigenvalue weighted by Gasteiger charge is -2.18. The fourth-order valence-corrected chi connectivity index (χ4v) is 7.96. The molecule has 1 atom stereocenters. The Morgan fingerprint density at radius 1 is 0.348 bits per heavy atom. The SMILES string of the molecule is CC/C=C\C/C=C\C/C=C\C/C=C\CCCCCCC(=O)OCC(COCCCCCCCCCC/C=C\CCCCCCCC)OC(=O)CCCCCCC/C=C\CCCCCCCC. The summed E-state index contributed by atoms with van der Waals surface area (Å²) in [7, 11) is 0. The van der Waals surface area contributed by atoms with E-state index in [1.807, 2.05) is 0 Å². The summed E-state index contributed by atoms with van der Waals surface area (Å²) in [5, 5.41) is 0. The van der Waals surface area contributed by atoms with Gasteiger partial charge in [-0.2, -0.15) is 0 Å². The van der Waals surface area contributed by atoms with Crippen LogP contribution in [0.25, 0.3) is 0 Å². The molecule has 0 aliphatic carbocycles. The number of hydrogen-bond acceptors (Lipinski definition) is 5. The normalized spacial score (nSPS) is 12.7. The van der Waals surface area contributed by atoms with Gasteiger partial charge in [0.1, 0.15) is 6.61 Å². The van der Waals surface area contributed by atoms with E-state index in [0.29, 0.717) is 19.4 Å². The van der Waals surface area contributed by atoms with Gasteiger partial charge >= 0.3 is 11.9 Å². The predicted molar refractivity (Wildman–Crippen MR) is 288 cm³/mol. The fraction of sp³-hybridized carbons (Fsp3) is 0.770. The molecule has 0 aromatic rings. The molecule has 66 heavy (non-hydrogen) atoms. The van der Waals surface area contributed by atoms with E-state index in [-0.39, 0.29) is 25.2 Å². The summed E-state index contributed by atoms with van der Waals surface area (Å²) in [5.41, 5.74) is 0. The van der Waals surface area contributed by atoms with Gasteiger partial charge in [0, 0.05) is 19.4 Å². The van der Waals surface area contributed by atoms with Gasteiger partial charge in [0.2, 0.25) is 0 Å². The first-order chi connectivity index (χ1) is 32.6. The van der Waals surface area contributed by atoms with Crippen molar-refractivity contribution < 1.29 is 23.8 Å². The Balaban J connectivity index is 4.32. The zero-order chi connectivity index (χ0) is 47.7. The molecule has 0 bridgehead atoms. The van der Waals surface area contributed by atoms with Crippen LogP contribution in [0.5, 0.6) is 0 Å². The average molecular weight is 922 g/mol. The highest BCUT2D eigenvalue weighted by molar-refractivity contribution is 5.70. The monoisotopic (exact) mass is 921 g/mol. The van der Waals surface area contributed by atoms with Crippen molar-refractivity contribution in [3.05, 3.63) is 72.9 Å². The molecular formula is C61H108O5. The van der Waals surface area contributed by atoms with E-state index in [0.717, 1.165) is 96.3 Å². The van der Waals surface area contributed by atoms with Gasteiger partial charge < -0.3 is 14.2 Å². The molecule has 0 rings (SSSR count). The lowest BCUT2D eigenvalue weighted by molar-refractivity contribution is -0.163. The van der Waals surface area contributed by atoms with Crippen LogP contribution in [-0.4, -0.2) is 37.9 Å². The molecule has 5 nitrogen and oxygen atoms in total. The van der Waals surface area contributed by atoms with Crippen molar-refractivity contribution in [3.8, 4) is 0 Å². The number of carbonyl (C=O) groups is 2. The summed E-state index contributed by atoms with van der Waals surface area (Å²) in [5.74, 6) is -0.429. The third kappa shape index (κ3) is 54.0. The summed E-state index contributed by atoms with van der Waals surface area (Å²) < 4.78 is 17.5. The van der Waals surface area contributed by atoms with Gasteiger partial charge in [-0.15, -0.1) is 0 Å². The van der Waals surface area contributed by atoms with Crippen LogP contribution >= 0.6 is 0 Å². The molecule has 0 aromatic heterocycles. The van der Waals surface area contributed by atoms with Crippen molar-refractivity contribution in [3.63, 3.8) is 0 Å². The zero-order valence-electron chi connectivity index (χ0n) is 44.0. The number of carbonyl (C=O) groups excluding carboxylic acids is 2. The highest BCUT2D eigenvalue weighted by Crippen LogP contribution is 2.14. The van der Waals surface area contributed by atoms with Crippen LogP contribution in [0.1, 0.15) is 278 Å². The van der Waals surface area contributed by atoms with Crippen LogP contribution in [0.4, 0.5) is 0 Å². The van der Waals surface area contributed by atoms with Crippen LogP contribution in [0.3, 0.4) is 0 Å². The van der Waals surface area contributed by atoms with Crippen molar-refractivity contribution >= 4 is 11.9 Å². The molecule has 1 unspecified atom stereocenters. The minimum Gasteiger partial charge on any atom is -0.462 e. The number of ether oxygens (including phenoxy) is 3. The first-order valence-electron chi connectivity index (χ1n) is 28.5. The smallest absolute Gasteiger partial charge is 0.306 e. The highest BCUT2D eigenvalue weighted by atomic mass is 16.6. The molecule has 0 aliphatic rings. The molecule has 0 saturated carbocycles. The van der Waals surface area contributed by atoms with E-state index in [9.17, 15) is 9.59 Å². The van der Waals surface area contributed by atoms with Crippen molar-refractivity contribution in [2.75, 3.05) is 19.8 Å². The topological polar surface area (TPSA) is 61.8 Å². The molecule has 0 N–H and O–H groups in total. The Kier molecular flexibility index (Phi) is 54.4. The summed E-state index contributed by atoms with van der Waals surface area (Å²) in [6.07, 6.45) is 73.5. The van der Waals surface area contributed by atoms with E-state index >= 15 is 0 Å². The number of allylic oxidation sites excluding steroid dienone is 12. The number of esters is 2. The van der Waals surface area contributed by atoms with E-state index in [1.54, 1.807) is 0 Å². The molecule has 0 spiro atoms. The van der Waals surface area contributed by atoms with E-state index in [4.69, 9.17) is 14.2 Å². The van der Waals surface area contributed by atoms with E-state index < -0.39 is 6.10 Å².